The van der Waals surface area contributed by atoms with E-state index in [9.17, 15) is 14.4 Å². The molecule has 48 heavy (non-hydrogen) atoms. The molecule has 1 aromatic heterocycles. The van der Waals surface area contributed by atoms with E-state index in [4.69, 9.17) is 28.1 Å². The van der Waals surface area contributed by atoms with Crippen molar-refractivity contribution in [2.24, 2.45) is 34.0 Å². The monoisotopic (exact) mass is 658 g/mol. The van der Waals surface area contributed by atoms with Crippen molar-refractivity contribution in [1.29, 1.82) is 0 Å². The van der Waals surface area contributed by atoms with Crippen molar-refractivity contribution in [2.45, 2.75) is 90.8 Å². The minimum absolute atomic E-state index is 0.0212. The number of rotatable bonds is 6. The van der Waals surface area contributed by atoms with Crippen LogP contribution in [0.15, 0.2) is 71.1 Å². The number of allylic oxidation sites excluding steroid dienone is 1. The van der Waals surface area contributed by atoms with Gasteiger partial charge in [0.2, 0.25) is 0 Å². The van der Waals surface area contributed by atoms with Crippen LogP contribution in [0, 0.1) is 34.0 Å². The Labute approximate surface area is 282 Å². The van der Waals surface area contributed by atoms with Gasteiger partial charge in [-0.2, -0.15) is 0 Å². The number of esters is 3. The third kappa shape index (κ3) is 4.99. The maximum Gasteiger partial charge on any atom is 0.331 e. The Hall–Kier alpha value is -3.69. The summed E-state index contributed by atoms with van der Waals surface area (Å²) in [5.74, 6) is -1.51. The normalized spacial score (nSPS) is 41.4. The van der Waals surface area contributed by atoms with Crippen LogP contribution in [0.2, 0.25) is 0 Å². The first-order chi connectivity index (χ1) is 22.9. The molecule has 5 aliphatic rings. The Balaban J connectivity index is 1.38. The Morgan fingerprint density at radius 1 is 0.938 bits per heavy atom. The third-order valence-electron chi connectivity index (χ3n) is 12.5. The zero-order valence-corrected chi connectivity index (χ0v) is 28.5. The van der Waals surface area contributed by atoms with Crippen LogP contribution in [0.25, 0.3) is 6.08 Å². The lowest BCUT2D eigenvalue weighted by Crippen LogP contribution is -2.72. The van der Waals surface area contributed by atoms with E-state index in [0.29, 0.717) is 26.1 Å². The van der Waals surface area contributed by atoms with Crippen molar-refractivity contribution in [3.8, 4) is 0 Å². The second-order valence-electron chi connectivity index (χ2n) is 15.1. The highest BCUT2D eigenvalue weighted by molar-refractivity contribution is 5.87. The minimum atomic E-state index is -0.752. The molecule has 2 aliphatic heterocycles. The SMILES string of the molecule is CC(=O)O[C@H]1C[C@H](OC(C)=O)[C@@]2(C)[C@@H]3[C@@H](OC[C@]13C)[C@@H](OC(=O)C=Cc1ccccc1)[C@@]1(C)C3=C[C@H](C)[C@@H](c4ccoc4)[C@@H]3OCC[C@@H]12. The summed E-state index contributed by atoms with van der Waals surface area (Å²) < 4.78 is 37.9. The van der Waals surface area contributed by atoms with Crippen molar-refractivity contribution in [3.63, 3.8) is 0 Å². The van der Waals surface area contributed by atoms with E-state index in [1.807, 2.05) is 36.4 Å². The molecular formula is C39H46O9. The highest BCUT2D eigenvalue weighted by atomic mass is 16.6. The smallest absolute Gasteiger partial charge is 0.331 e. The molecule has 2 saturated carbocycles. The van der Waals surface area contributed by atoms with Gasteiger partial charge in [-0.1, -0.05) is 64.1 Å². The van der Waals surface area contributed by atoms with Gasteiger partial charge in [0.25, 0.3) is 0 Å². The molecule has 3 aliphatic carbocycles. The van der Waals surface area contributed by atoms with Crippen LogP contribution in [0.1, 0.15) is 71.4 Å². The van der Waals surface area contributed by atoms with Gasteiger partial charge in [-0.15, -0.1) is 0 Å². The zero-order chi connectivity index (χ0) is 34.0. The number of carbonyl (C=O) groups excluding carboxylic acids is 3. The molecule has 0 N–H and O–H groups in total. The van der Waals surface area contributed by atoms with Crippen LogP contribution >= 0.6 is 0 Å². The molecule has 0 spiro atoms. The molecule has 0 bridgehead atoms. The molecule has 256 valence electrons. The van der Waals surface area contributed by atoms with Gasteiger partial charge in [-0.25, -0.2) is 4.79 Å². The first-order valence-corrected chi connectivity index (χ1v) is 17.1. The van der Waals surface area contributed by atoms with Gasteiger partial charge in [0.05, 0.1) is 31.3 Å². The van der Waals surface area contributed by atoms with Gasteiger partial charge in [0, 0.05) is 61.0 Å². The Kier molecular flexibility index (Phi) is 8.22. The van der Waals surface area contributed by atoms with E-state index >= 15 is 0 Å². The fourth-order valence-electron chi connectivity index (χ4n) is 10.7. The molecule has 3 heterocycles. The van der Waals surface area contributed by atoms with Crippen LogP contribution in [0.3, 0.4) is 0 Å². The fraction of sp³-hybridized carbons (Fsp3) is 0.564. The number of fused-ring (bicyclic) bond motifs is 4. The summed E-state index contributed by atoms with van der Waals surface area (Å²) >= 11 is 0. The molecular weight excluding hydrogens is 612 g/mol. The molecule has 0 unspecified atom stereocenters. The van der Waals surface area contributed by atoms with Crippen molar-refractivity contribution < 1.29 is 42.5 Å². The van der Waals surface area contributed by atoms with Crippen molar-refractivity contribution >= 4 is 24.0 Å². The quantitative estimate of drug-likeness (QED) is 0.153. The third-order valence-corrected chi connectivity index (χ3v) is 12.5. The summed E-state index contributed by atoms with van der Waals surface area (Å²) in [4.78, 5) is 39.0. The Morgan fingerprint density at radius 3 is 2.35 bits per heavy atom. The number of benzene rings is 1. The van der Waals surface area contributed by atoms with Crippen molar-refractivity contribution in [1.82, 2.24) is 0 Å². The maximum absolute atomic E-state index is 13.8. The van der Waals surface area contributed by atoms with E-state index in [2.05, 4.69) is 33.8 Å². The topological polar surface area (TPSA) is 110 Å². The molecule has 2 saturated heterocycles. The lowest BCUT2D eigenvalue weighted by molar-refractivity contribution is -0.257. The highest BCUT2D eigenvalue weighted by Gasteiger charge is 2.77. The van der Waals surface area contributed by atoms with Gasteiger partial charge in [0.15, 0.2) is 0 Å². The molecule has 12 atom stereocenters. The predicted octanol–water partition coefficient (Wildman–Crippen LogP) is 6.28. The number of furan rings is 1. The average molecular weight is 659 g/mol. The summed E-state index contributed by atoms with van der Waals surface area (Å²) in [6.07, 6.45) is 7.36. The molecule has 1 aromatic carbocycles. The van der Waals surface area contributed by atoms with Crippen LogP contribution in [0.4, 0.5) is 0 Å². The maximum atomic E-state index is 13.8. The lowest BCUT2D eigenvalue weighted by atomic mass is 9.39. The molecule has 4 fully saturated rings. The first kappa shape index (κ1) is 32.8. The van der Waals surface area contributed by atoms with Crippen LogP contribution < -0.4 is 0 Å². The van der Waals surface area contributed by atoms with Gasteiger partial charge < -0.3 is 28.1 Å². The van der Waals surface area contributed by atoms with Crippen LogP contribution in [-0.4, -0.2) is 61.6 Å². The summed E-state index contributed by atoms with van der Waals surface area (Å²) in [5, 5.41) is 0. The molecule has 9 nitrogen and oxygen atoms in total. The van der Waals surface area contributed by atoms with Crippen LogP contribution in [0.5, 0.6) is 0 Å². The number of carbonyl (C=O) groups is 3. The standard InChI is InChI=1S/C39H46O9/c1-22-18-27-33(32(22)26-14-16-43-20-26)44-17-15-28-38(27,5)36(48-31(42)13-12-25-10-8-7-9-11-25)34-35-37(4,21-45-34)29(46-23(2)40)19-30(39(28,35)6)47-24(3)41/h7-14,16,18,20,22,28-30,32-36H,15,17,19,21H2,1-6H3/t22-,28-,29-,30-,32-,33+,34+,35+,36+,37+,38-,39-/m0/s1. The number of hydrogen-bond donors (Lipinski definition) is 0. The second kappa shape index (κ2) is 12.0. The summed E-state index contributed by atoms with van der Waals surface area (Å²) in [6.45, 7) is 12.3. The summed E-state index contributed by atoms with van der Waals surface area (Å²) in [6, 6.07) is 11.6. The Morgan fingerprint density at radius 2 is 1.67 bits per heavy atom. The van der Waals surface area contributed by atoms with Crippen molar-refractivity contribution in [2.75, 3.05) is 13.2 Å². The minimum Gasteiger partial charge on any atom is -0.472 e. The van der Waals surface area contributed by atoms with Gasteiger partial charge in [0.1, 0.15) is 18.3 Å². The largest absolute Gasteiger partial charge is 0.472 e. The summed E-state index contributed by atoms with van der Waals surface area (Å²) in [7, 11) is 0. The molecule has 0 amide bonds. The molecule has 9 heteroatoms. The van der Waals surface area contributed by atoms with E-state index in [-0.39, 0.29) is 35.7 Å². The van der Waals surface area contributed by atoms with E-state index in [1.165, 1.54) is 19.9 Å². The average Bonchev–Trinajstić information content (AvgIpc) is 3.75. The Bertz CT molecular complexity index is 1610. The summed E-state index contributed by atoms with van der Waals surface area (Å²) in [5.41, 5.74) is 1.03. The van der Waals surface area contributed by atoms with E-state index in [0.717, 1.165) is 16.7 Å². The predicted molar refractivity (Wildman–Crippen MR) is 175 cm³/mol. The van der Waals surface area contributed by atoms with Crippen LogP contribution in [-0.2, 0) is 38.1 Å². The van der Waals surface area contributed by atoms with E-state index < -0.39 is 52.6 Å². The highest BCUT2D eigenvalue weighted by Crippen LogP contribution is 2.72. The fourth-order valence-corrected chi connectivity index (χ4v) is 10.7. The first-order valence-electron chi connectivity index (χ1n) is 17.1. The van der Waals surface area contributed by atoms with Gasteiger partial charge in [-0.05, 0) is 47.1 Å². The second-order valence-corrected chi connectivity index (χ2v) is 15.1. The van der Waals surface area contributed by atoms with Gasteiger partial charge >= 0.3 is 17.9 Å². The van der Waals surface area contributed by atoms with Crippen molar-refractivity contribution in [3.05, 3.63) is 77.8 Å². The van der Waals surface area contributed by atoms with E-state index in [1.54, 1.807) is 18.6 Å². The lowest BCUT2D eigenvalue weighted by Gasteiger charge is -2.66. The van der Waals surface area contributed by atoms with Gasteiger partial charge in [-0.3, -0.25) is 9.59 Å². The molecule has 0 radical (unpaired) electrons. The molecule has 7 rings (SSSR count). The number of ether oxygens (including phenoxy) is 5. The molecule has 2 aromatic rings. The zero-order valence-electron chi connectivity index (χ0n) is 28.5. The number of hydrogen-bond acceptors (Lipinski definition) is 9.